The zero-order valence-corrected chi connectivity index (χ0v) is 16.1. The third-order valence-corrected chi connectivity index (χ3v) is 5.29. The highest BCUT2D eigenvalue weighted by Crippen LogP contribution is 2.25. The predicted octanol–water partition coefficient (Wildman–Crippen LogP) is 2.57. The standard InChI is InChI=1S/C21H20FN7O/c22-14-1-3-16(4-2-14)29-13-24-18-19(23)25-21(26-20(18)29)28-11-9-27(10-12-28)15-5-7-17(30)8-6-15/h1-8,13,30H,9-12H2,(H2,23,25,26). The van der Waals surface area contributed by atoms with Gasteiger partial charge in [-0.2, -0.15) is 9.97 Å². The van der Waals surface area contributed by atoms with Gasteiger partial charge in [0.2, 0.25) is 5.95 Å². The summed E-state index contributed by atoms with van der Waals surface area (Å²) < 4.78 is 15.1. The number of piperazine rings is 1. The Bertz CT molecular complexity index is 1180. The van der Waals surface area contributed by atoms with E-state index < -0.39 is 0 Å². The molecule has 1 saturated heterocycles. The van der Waals surface area contributed by atoms with Gasteiger partial charge in [-0.25, -0.2) is 9.37 Å². The van der Waals surface area contributed by atoms with Crippen LogP contribution >= 0.6 is 0 Å². The van der Waals surface area contributed by atoms with Gasteiger partial charge >= 0.3 is 0 Å². The number of phenols is 1. The van der Waals surface area contributed by atoms with E-state index in [0.29, 0.717) is 22.9 Å². The van der Waals surface area contributed by atoms with Crippen LogP contribution < -0.4 is 15.5 Å². The van der Waals surface area contributed by atoms with Crippen LogP contribution in [0.4, 0.5) is 21.8 Å². The highest BCUT2D eigenvalue weighted by atomic mass is 19.1. The fraction of sp³-hybridized carbons (Fsp3) is 0.190. The van der Waals surface area contributed by atoms with E-state index in [1.54, 1.807) is 35.2 Å². The van der Waals surface area contributed by atoms with Crippen LogP contribution in [0.3, 0.4) is 0 Å². The number of phenolic OH excluding ortho intramolecular Hbond substituents is 1. The number of benzene rings is 2. The molecule has 9 heteroatoms. The van der Waals surface area contributed by atoms with Crippen molar-refractivity contribution in [2.24, 2.45) is 0 Å². The fourth-order valence-electron chi connectivity index (χ4n) is 3.67. The Hall–Kier alpha value is -3.88. The van der Waals surface area contributed by atoms with Crippen molar-refractivity contribution in [3.63, 3.8) is 0 Å². The van der Waals surface area contributed by atoms with Gasteiger partial charge in [-0.15, -0.1) is 0 Å². The molecule has 2 aromatic carbocycles. The summed E-state index contributed by atoms with van der Waals surface area (Å²) >= 11 is 0. The predicted molar refractivity (Wildman–Crippen MR) is 114 cm³/mol. The van der Waals surface area contributed by atoms with E-state index in [1.165, 1.54) is 12.1 Å². The van der Waals surface area contributed by atoms with E-state index in [9.17, 15) is 9.50 Å². The second-order valence-corrected chi connectivity index (χ2v) is 7.16. The van der Waals surface area contributed by atoms with Crippen molar-refractivity contribution < 1.29 is 9.50 Å². The van der Waals surface area contributed by atoms with Crippen LogP contribution in [-0.2, 0) is 0 Å². The van der Waals surface area contributed by atoms with Crippen molar-refractivity contribution in [1.82, 2.24) is 19.5 Å². The number of nitrogens with two attached hydrogens (primary N) is 1. The highest BCUT2D eigenvalue weighted by Gasteiger charge is 2.22. The van der Waals surface area contributed by atoms with Crippen LogP contribution in [0, 0.1) is 5.82 Å². The topological polar surface area (TPSA) is 96.3 Å². The number of nitrogens with zero attached hydrogens (tertiary/aromatic N) is 6. The maximum absolute atomic E-state index is 13.3. The minimum absolute atomic E-state index is 0.257. The van der Waals surface area contributed by atoms with Gasteiger partial charge in [0.05, 0.1) is 0 Å². The molecular formula is C21H20FN7O. The lowest BCUT2D eigenvalue weighted by molar-refractivity contribution is 0.475. The highest BCUT2D eigenvalue weighted by molar-refractivity contribution is 5.84. The molecule has 30 heavy (non-hydrogen) atoms. The van der Waals surface area contributed by atoms with Crippen LogP contribution in [-0.4, -0.2) is 50.8 Å². The number of hydrogen-bond donors (Lipinski definition) is 2. The lowest BCUT2D eigenvalue weighted by Crippen LogP contribution is -2.47. The van der Waals surface area contributed by atoms with Gasteiger partial charge in [-0.1, -0.05) is 0 Å². The normalized spacial score (nSPS) is 14.4. The van der Waals surface area contributed by atoms with E-state index >= 15 is 0 Å². The first-order chi connectivity index (χ1) is 14.6. The summed E-state index contributed by atoms with van der Waals surface area (Å²) in [4.78, 5) is 17.9. The Morgan fingerprint density at radius 2 is 1.47 bits per heavy atom. The first-order valence-corrected chi connectivity index (χ1v) is 9.64. The number of aromatic nitrogens is 4. The van der Waals surface area contributed by atoms with Crippen LogP contribution in [0.1, 0.15) is 0 Å². The molecule has 1 fully saturated rings. The summed E-state index contributed by atoms with van der Waals surface area (Å²) in [6, 6.07) is 13.3. The molecule has 0 aliphatic carbocycles. The van der Waals surface area contributed by atoms with Gasteiger partial charge in [-0.05, 0) is 48.5 Å². The number of nitrogen functional groups attached to an aromatic ring is 1. The molecule has 0 atom stereocenters. The number of fused-ring (bicyclic) bond motifs is 1. The molecule has 2 aromatic heterocycles. The van der Waals surface area contributed by atoms with Gasteiger partial charge in [0, 0.05) is 37.6 Å². The largest absolute Gasteiger partial charge is 0.508 e. The molecule has 0 saturated carbocycles. The second kappa shape index (κ2) is 7.18. The van der Waals surface area contributed by atoms with E-state index in [4.69, 9.17) is 10.7 Å². The zero-order valence-electron chi connectivity index (χ0n) is 16.1. The number of aromatic hydroxyl groups is 1. The third kappa shape index (κ3) is 3.24. The Labute approximate surface area is 172 Å². The molecule has 0 spiro atoms. The van der Waals surface area contributed by atoms with Crippen LogP contribution in [0.2, 0.25) is 0 Å². The molecule has 0 radical (unpaired) electrons. The smallest absolute Gasteiger partial charge is 0.229 e. The van der Waals surface area contributed by atoms with E-state index in [-0.39, 0.29) is 11.6 Å². The molecule has 0 bridgehead atoms. The Kier molecular flexibility index (Phi) is 4.35. The van der Waals surface area contributed by atoms with Gasteiger partial charge in [0.15, 0.2) is 17.0 Å². The van der Waals surface area contributed by atoms with E-state index in [1.807, 2.05) is 12.1 Å². The van der Waals surface area contributed by atoms with Crippen LogP contribution in [0.15, 0.2) is 54.9 Å². The molecular weight excluding hydrogens is 385 g/mol. The quantitative estimate of drug-likeness (QED) is 0.541. The van der Waals surface area contributed by atoms with Crippen molar-refractivity contribution in [2.45, 2.75) is 0 Å². The first kappa shape index (κ1) is 18.2. The van der Waals surface area contributed by atoms with Gasteiger partial charge in [0.1, 0.15) is 17.9 Å². The lowest BCUT2D eigenvalue weighted by Gasteiger charge is -2.36. The third-order valence-electron chi connectivity index (χ3n) is 5.29. The summed E-state index contributed by atoms with van der Waals surface area (Å²) in [6.45, 7) is 3.06. The second-order valence-electron chi connectivity index (χ2n) is 7.16. The first-order valence-electron chi connectivity index (χ1n) is 9.64. The molecule has 5 rings (SSSR count). The summed E-state index contributed by atoms with van der Waals surface area (Å²) in [7, 11) is 0. The maximum atomic E-state index is 13.3. The Morgan fingerprint density at radius 3 is 2.17 bits per heavy atom. The number of halogens is 1. The molecule has 1 aliphatic rings. The SMILES string of the molecule is Nc1nc(N2CCN(c3ccc(O)cc3)CC2)nc2c1ncn2-c1ccc(F)cc1. The molecule has 8 nitrogen and oxygen atoms in total. The molecule has 3 N–H and O–H groups in total. The van der Waals surface area contributed by atoms with E-state index in [2.05, 4.69) is 19.8 Å². The summed E-state index contributed by atoms with van der Waals surface area (Å²) in [6.07, 6.45) is 1.62. The molecule has 152 valence electrons. The van der Waals surface area contributed by atoms with Crippen molar-refractivity contribution in [2.75, 3.05) is 41.7 Å². The van der Waals surface area contributed by atoms with Gasteiger partial charge < -0.3 is 20.6 Å². The Balaban J connectivity index is 1.42. The molecule has 0 amide bonds. The summed E-state index contributed by atoms with van der Waals surface area (Å²) in [5, 5.41) is 9.48. The monoisotopic (exact) mass is 405 g/mol. The molecule has 3 heterocycles. The molecule has 0 unspecified atom stereocenters. The minimum atomic E-state index is -0.301. The average molecular weight is 405 g/mol. The number of rotatable bonds is 3. The fourth-order valence-corrected chi connectivity index (χ4v) is 3.67. The lowest BCUT2D eigenvalue weighted by atomic mass is 10.2. The summed E-state index contributed by atoms with van der Waals surface area (Å²) in [5.74, 6) is 0.822. The summed E-state index contributed by atoms with van der Waals surface area (Å²) in [5.41, 5.74) is 9.09. The maximum Gasteiger partial charge on any atom is 0.229 e. The molecule has 1 aliphatic heterocycles. The van der Waals surface area contributed by atoms with Crippen molar-refractivity contribution in [3.8, 4) is 11.4 Å². The minimum Gasteiger partial charge on any atom is -0.508 e. The molecule has 4 aromatic rings. The van der Waals surface area contributed by atoms with Crippen molar-refractivity contribution >= 4 is 28.6 Å². The number of imidazole rings is 1. The van der Waals surface area contributed by atoms with Crippen molar-refractivity contribution in [3.05, 3.63) is 60.7 Å². The van der Waals surface area contributed by atoms with Gasteiger partial charge in [0.25, 0.3) is 0 Å². The average Bonchev–Trinajstić information content (AvgIpc) is 3.20. The van der Waals surface area contributed by atoms with E-state index in [0.717, 1.165) is 37.6 Å². The van der Waals surface area contributed by atoms with Crippen LogP contribution in [0.5, 0.6) is 5.75 Å². The Morgan fingerprint density at radius 1 is 0.833 bits per heavy atom. The number of hydrogen-bond acceptors (Lipinski definition) is 7. The van der Waals surface area contributed by atoms with Crippen molar-refractivity contribution in [1.29, 1.82) is 0 Å². The number of anilines is 3. The zero-order chi connectivity index (χ0) is 20.7. The van der Waals surface area contributed by atoms with Gasteiger partial charge in [-0.3, -0.25) is 4.57 Å². The van der Waals surface area contributed by atoms with Crippen LogP contribution in [0.25, 0.3) is 16.9 Å².